The van der Waals surface area contributed by atoms with Crippen molar-refractivity contribution in [3.63, 3.8) is 0 Å². The van der Waals surface area contributed by atoms with Crippen LogP contribution in [0.15, 0.2) is 18.2 Å². The second kappa shape index (κ2) is 6.61. The highest BCUT2D eigenvalue weighted by molar-refractivity contribution is 5.98. The van der Waals surface area contributed by atoms with Crippen LogP contribution < -0.4 is 20.5 Å². The number of carbonyl (C=O) groups is 1. The number of para-hydroxylation sites is 1. The van der Waals surface area contributed by atoms with Gasteiger partial charge in [0.05, 0.1) is 5.56 Å². The number of carbonyl (C=O) groups excluding carboxylic acids is 1. The van der Waals surface area contributed by atoms with Crippen molar-refractivity contribution in [3.8, 4) is 11.5 Å². The van der Waals surface area contributed by atoms with Crippen molar-refractivity contribution in [1.82, 2.24) is 5.32 Å². The average molecular weight is 278 g/mol. The lowest BCUT2D eigenvalue weighted by Crippen LogP contribution is -2.40. The van der Waals surface area contributed by atoms with E-state index in [1.54, 1.807) is 12.1 Å². The summed E-state index contributed by atoms with van der Waals surface area (Å²) >= 11 is 0. The van der Waals surface area contributed by atoms with Gasteiger partial charge in [0.15, 0.2) is 11.5 Å². The Kier molecular flexibility index (Phi) is 4.84. The Balaban J connectivity index is 2.16. The van der Waals surface area contributed by atoms with Crippen LogP contribution in [0.25, 0.3) is 0 Å². The monoisotopic (exact) mass is 278 g/mol. The molecule has 1 aliphatic rings. The zero-order valence-corrected chi connectivity index (χ0v) is 12.0. The summed E-state index contributed by atoms with van der Waals surface area (Å²) in [5.74, 6) is 1.36. The molecule has 3 N–H and O–H groups in total. The average Bonchev–Trinajstić information content (AvgIpc) is 2.46. The zero-order chi connectivity index (χ0) is 14.5. The first-order valence-electron chi connectivity index (χ1n) is 7.03. The number of ether oxygens (including phenoxy) is 2. The van der Waals surface area contributed by atoms with Gasteiger partial charge in [-0.15, -0.1) is 0 Å². The van der Waals surface area contributed by atoms with E-state index in [0.29, 0.717) is 42.7 Å². The molecule has 5 heteroatoms. The smallest absolute Gasteiger partial charge is 0.255 e. The number of nitrogens with two attached hydrogens (primary N) is 1. The van der Waals surface area contributed by atoms with Crippen LogP contribution in [0.5, 0.6) is 11.5 Å². The Labute approximate surface area is 119 Å². The van der Waals surface area contributed by atoms with Gasteiger partial charge in [-0.2, -0.15) is 0 Å². The molecule has 0 radical (unpaired) electrons. The molecule has 0 fully saturated rings. The number of nitrogens with one attached hydrogen (secondary N) is 1. The maximum Gasteiger partial charge on any atom is 0.255 e. The van der Waals surface area contributed by atoms with Crippen LogP contribution in [0, 0.1) is 5.92 Å². The van der Waals surface area contributed by atoms with Gasteiger partial charge in [0.2, 0.25) is 0 Å². The summed E-state index contributed by atoms with van der Waals surface area (Å²) in [5.41, 5.74) is 6.11. The molecule has 0 saturated heterocycles. The van der Waals surface area contributed by atoms with Crippen molar-refractivity contribution >= 4 is 5.91 Å². The molecule has 5 nitrogen and oxygen atoms in total. The Bertz CT molecular complexity index is 474. The zero-order valence-electron chi connectivity index (χ0n) is 12.0. The van der Waals surface area contributed by atoms with E-state index in [1.807, 2.05) is 6.07 Å². The largest absolute Gasteiger partial charge is 0.486 e. The molecule has 0 spiro atoms. The lowest BCUT2D eigenvalue weighted by atomic mass is 10.0. The molecule has 1 aromatic carbocycles. The summed E-state index contributed by atoms with van der Waals surface area (Å²) in [6.07, 6.45) is 0.760. The lowest BCUT2D eigenvalue weighted by molar-refractivity contribution is 0.0913. The number of rotatable bonds is 5. The Hall–Kier alpha value is -1.75. The van der Waals surface area contributed by atoms with Crippen LogP contribution in [0.2, 0.25) is 0 Å². The number of amides is 1. The van der Waals surface area contributed by atoms with Crippen LogP contribution in [0.1, 0.15) is 30.6 Å². The number of hydrogen-bond acceptors (Lipinski definition) is 4. The second-order valence-electron chi connectivity index (χ2n) is 5.23. The highest BCUT2D eigenvalue weighted by atomic mass is 16.6. The summed E-state index contributed by atoms with van der Waals surface area (Å²) in [7, 11) is 0. The van der Waals surface area contributed by atoms with Crippen molar-refractivity contribution in [1.29, 1.82) is 0 Å². The maximum atomic E-state index is 12.4. The summed E-state index contributed by atoms with van der Waals surface area (Å²) < 4.78 is 11.1. The van der Waals surface area contributed by atoms with Crippen molar-refractivity contribution < 1.29 is 14.3 Å². The van der Waals surface area contributed by atoms with Gasteiger partial charge in [-0.05, 0) is 31.0 Å². The van der Waals surface area contributed by atoms with E-state index in [9.17, 15) is 4.79 Å². The number of benzene rings is 1. The third-order valence-corrected chi connectivity index (χ3v) is 3.41. The highest BCUT2D eigenvalue weighted by Gasteiger charge is 2.23. The van der Waals surface area contributed by atoms with E-state index in [-0.39, 0.29) is 11.9 Å². The van der Waals surface area contributed by atoms with Crippen molar-refractivity contribution in [3.05, 3.63) is 23.8 Å². The molecule has 110 valence electrons. The Morgan fingerprint density at radius 3 is 2.80 bits per heavy atom. The fourth-order valence-corrected chi connectivity index (χ4v) is 2.25. The van der Waals surface area contributed by atoms with E-state index >= 15 is 0 Å². The Morgan fingerprint density at radius 2 is 2.10 bits per heavy atom. The van der Waals surface area contributed by atoms with E-state index in [1.165, 1.54) is 0 Å². The lowest BCUT2D eigenvalue weighted by Gasteiger charge is -2.24. The van der Waals surface area contributed by atoms with E-state index < -0.39 is 0 Å². The Morgan fingerprint density at radius 1 is 1.35 bits per heavy atom. The van der Waals surface area contributed by atoms with Crippen LogP contribution in [0.3, 0.4) is 0 Å². The van der Waals surface area contributed by atoms with Crippen LogP contribution >= 0.6 is 0 Å². The summed E-state index contributed by atoms with van der Waals surface area (Å²) in [6.45, 7) is 5.67. The fraction of sp³-hybridized carbons (Fsp3) is 0.533. The molecule has 1 amide bonds. The standard InChI is InChI=1S/C15H22N2O3/c1-10(2)12(6-7-16)17-15(18)11-4-3-5-13-14(11)20-9-8-19-13/h3-5,10,12H,6-9,16H2,1-2H3,(H,17,18). The third kappa shape index (κ3) is 3.22. The molecule has 1 heterocycles. The third-order valence-electron chi connectivity index (χ3n) is 3.41. The van der Waals surface area contributed by atoms with Gasteiger partial charge in [0.25, 0.3) is 5.91 Å². The first-order chi connectivity index (χ1) is 9.63. The molecular weight excluding hydrogens is 256 g/mol. The van der Waals surface area contributed by atoms with Crippen LogP contribution in [0.4, 0.5) is 0 Å². The first-order valence-corrected chi connectivity index (χ1v) is 7.03. The molecule has 2 rings (SSSR count). The van der Waals surface area contributed by atoms with Gasteiger partial charge in [0, 0.05) is 6.04 Å². The van der Waals surface area contributed by atoms with Gasteiger partial charge in [-0.3, -0.25) is 4.79 Å². The van der Waals surface area contributed by atoms with Crippen LogP contribution in [-0.4, -0.2) is 31.7 Å². The van der Waals surface area contributed by atoms with Crippen molar-refractivity contribution in [2.24, 2.45) is 11.7 Å². The highest BCUT2D eigenvalue weighted by Crippen LogP contribution is 2.33. The molecule has 0 aliphatic carbocycles. The van der Waals surface area contributed by atoms with Crippen LogP contribution in [-0.2, 0) is 0 Å². The van der Waals surface area contributed by atoms with Crippen molar-refractivity contribution in [2.45, 2.75) is 26.3 Å². The molecule has 1 aliphatic heterocycles. The minimum absolute atomic E-state index is 0.0628. The molecule has 1 atom stereocenters. The first kappa shape index (κ1) is 14.7. The maximum absolute atomic E-state index is 12.4. The molecule has 0 bridgehead atoms. The van der Waals surface area contributed by atoms with Gasteiger partial charge in [-0.1, -0.05) is 19.9 Å². The minimum Gasteiger partial charge on any atom is -0.486 e. The molecule has 0 saturated carbocycles. The van der Waals surface area contributed by atoms with E-state index in [4.69, 9.17) is 15.2 Å². The number of fused-ring (bicyclic) bond motifs is 1. The fourth-order valence-electron chi connectivity index (χ4n) is 2.25. The molecule has 20 heavy (non-hydrogen) atoms. The van der Waals surface area contributed by atoms with Gasteiger partial charge < -0.3 is 20.5 Å². The normalized spacial score (nSPS) is 15.0. The quantitative estimate of drug-likeness (QED) is 0.857. The van der Waals surface area contributed by atoms with Crippen molar-refractivity contribution in [2.75, 3.05) is 19.8 Å². The van der Waals surface area contributed by atoms with Gasteiger partial charge >= 0.3 is 0 Å². The molecule has 0 aromatic heterocycles. The van der Waals surface area contributed by atoms with Gasteiger partial charge in [0.1, 0.15) is 13.2 Å². The topological polar surface area (TPSA) is 73.6 Å². The predicted molar refractivity (Wildman–Crippen MR) is 77.2 cm³/mol. The predicted octanol–water partition coefficient (Wildman–Crippen LogP) is 1.56. The van der Waals surface area contributed by atoms with E-state index in [2.05, 4.69) is 19.2 Å². The summed E-state index contributed by atoms with van der Waals surface area (Å²) in [6, 6.07) is 5.43. The molecular formula is C15H22N2O3. The SMILES string of the molecule is CC(C)C(CCN)NC(=O)c1cccc2c1OCCO2. The van der Waals surface area contributed by atoms with Gasteiger partial charge in [-0.25, -0.2) is 0 Å². The molecule has 1 aromatic rings. The summed E-state index contributed by atoms with van der Waals surface area (Å²) in [5, 5.41) is 3.03. The van der Waals surface area contributed by atoms with E-state index in [0.717, 1.165) is 6.42 Å². The number of hydrogen-bond donors (Lipinski definition) is 2. The summed E-state index contributed by atoms with van der Waals surface area (Å²) in [4.78, 5) is 12.4. The molecule has 1 unspecified atom stereocenters. The second-order valence-corrected chi connectivity index (χ2v) is 5.23. The minimum atomic E-state index is -0.139.